The standard InChI is InChI=1S/C18H26O6S2/c1-13(2)18(10-12-26(4,22)23)17(19)15(9-11-25(3,20)21)14-7-5-6-8-16(14)24-18/h5-8,13,15H,9-12H2,1-4H3. The molecule has 0 bridgehead atoms. The van der Waals surface area contributed by atoms with E-state index < -0.39 is 31.2 Å². The zero-order valence-electron chi connectivity index (χ0n) is 15.6. The molecule has 0 aliphatic carbocycles. The summed E-state index contributed by atoms with van der Waals surface area (Å²) < 4.78 is 52.7. The summed E-state index contributed by atoms with van der Waals surface area (Å²) in [5.74, 6) is -0.885. The third kappa shape index (κ3) is 4.65. The van der Waals surface area contributed by atoms with E-state index in [4.69, 9.17) is 4.74 Å². The number of carbonyl (C=O) groups is 1. The molecule has 0 N–H and O–H groups in total. The molecule has 0 spiro atoms. The Kier molecular flexibility index (Phi) is 5.87. The van der Waals surface area contributed by atoms with Gasteiger partial charge in [0, 0.05) is 30.4 Å². The number of benzene rings is 1. The SMILES string of the molecule is CC(C)C1(CCS(C)(=O)=O)Oc2ccccc2C(CCS(C)(=O)=O)C1=O. The molecular formula is C18H26O6S2. The van der Waals surface area contributed by atoms with Crippen LogP contribution in [0, 0.1) is 5.92 Å². The summed E-state index contributed by atoms with van der Waals surface area (Å²) in [5, 5.41) is 0. The van der Waals surface area contributed by atoms with Gasteiger partial charge < -0.3 is 4.74 Å². The molecule has 2 atom stereocenters. The number of rotatable bonds is 7. The van der Waals surface area contributed by atoms with E-state index in [-0.39, 0.29) is 36.0 Å². The number of para-hydroxylation sites is 1. The molecule has 26 heavy (non-hydrogen) atoms. The van der Waals surface area contributed by atoms with Crippen molar-refractivity contribution in [3.05, 3.63) is 29.8 Å². The van der Waals surface area contributed by atoms with Crippen molar-refractivity contribution in [2.75, 3.05) is 24.0 Å². The Bertz CT molecular complexity index is 886. The third-order valence-electron chi connectivity index (χ3n) is 4.87. The lowest BCUT2D eigenvalue weighted by atomic mass is 9.73. The van der Waals surface area contributed by atoms with Gasteiger partial charge in [-0.05, 0) is 12.5 Å². The fourth-order valence-corrected chi connectivity index (χ4v) is 4.70. The summed E-state index contributed by atoms with van der Waals surface area (Å²) in [5.41, 5.74) is -0.614. The predicted molar refractivity (Wildman–Crippen MR) is 101 cm³/mol. The van der Waals surface area contributed by atoms with Crippen molar-refractivity contribution in [3.8, 4) is 5.75 Å². The first-order chi connectivity index (χ1) is 11.9. The largest absolute Gasteiger partial charge is 0.479 e. The monoisotopic (exact) mass is 402 g/mol. The molecule has 8 heteroatoms. The molecule has 2 unspecified atom stereocenters. The van der Waals surface area contributed by atoms with Crippen LogP contribution in [0.3, 0.4) is 0 Å². The van der Waals surface area contributed by atoms with Crippen LogP contribution in [0.1, 0.15) is 38.2 Å². The van der Waals surface area contributed by atoms with Crippen molar-refractivity contribution in [2.45, 2.75) is 38.2 Å². The van der Waals surface area contributed by atoms with Crippen LogP contribution >= 0.6 is 0 Å². The van der Waals surface area contributed by atoms with Gasteiger partial charge in [0.1, 0.15) is 25.4 Å². The maximum atomic E-state index is 13.4. The highest BCUT2D eigenvalue weighted by Crippen LogP contribution is 2.44. The molecule has 2 rings (SSSR count). The van der Waals surface area contributed by atoms with Gasteiger partial charge in [0.25, 0.3) is 0 Å². The van der Waals surface area contributed by atoms with E-state index in [0.29, 0.717) is 11.3 Å². The normalized spacial score (nSPS) is 23.6. The number of ketones is 1. The maximum absolute atomic E-state index is 13.4. The van der Waals surface area contributed by atoms with E-state index in [0.717, 1.165) is 12.5 Å². The van der Waals surface area contributed by atoms with Gasteiger partial charge in [0.2, 0.25) is 0 Å². The Morgan fingerprint density at radius 3 is 2.15 bits per heavy atom. The van der Waals surface area contributed by atoms with Crippen LogP contribution in [0.15, 0.2) is 24.3 Å². The summed E-state index contributed by atoms with van der Waals surface area (Å²) in [6.07, 6.45) is 2.48. The van der Waals surface area contributed by atoms with E-state index in [9.17, 15) is 21.6 Å². The molecule has 0 fully saturated rings. The van der Waals surface area contributed by atoms with Crippen LogP contribution in [0.5, 0.6) is 5.75 Å². The highest BCUT2D eigenvalue weighted by Gasteiger charge is 2.51. The smallest absolute Gasteiger partial charge is 0.184 e. The number of sulfone groups is 2. The first-order valence-corrected chi connectivity index (χ1v) is 12.7. The first kappa shape index (κ1) is 20.9. The summed E-state index contributed by atoms with van der Waals surface area (Å²) in [6.45, 7) is 3.64. The molecule has 1 aromatic carbocycles. The highest BCUT2D eigenvalue weighted by molar-refractivity contribution is 7.90. The van der Waals surface area contributed by atoms with Gasteiger partial charge in [-0.25, -0.2) is 16.8 Å². The van der Waals surface area contributed by atoms with Gasteiger partial charge in [-0.1, -0.05) is 32.0 Å². The van der Waals surface area contributed by atoms with Crippen LogP contribution < -0.4 is 4.74 Å². The Hall–Kier alpha value is -1.41. The minimum absolute atomic E-state index is 0.0477. The van der Waals surface area contributed by atoms with Gasteiger partial charge in [0.15, 0.2) is 11.4 Å². The van der Waals surface area contributed by atoms with E-state index in [1.54, 1.807) is 24.3 Å². The minimum atomic E-state index is -3.28. The van der Waals surface area contributed by atoms with E-state index in [1.165, 1.54) is 0 Å². The second kappa shape index (κ2) is 7.31. The van der Waals surface area contributed by atoms with E-state index in [1.807, 2.05) is 13.8 Å². The van der Waals surface area contributed by atoms with Crippen LogP contribution in [0.25, 0.3) is 0 Å². The summed E-state index contributed by atoms with van der Waals surface area (Å²) in [7, 11) is -6.51. The Labute approximate surface area is 155 Å². The average molecular weight is 403 g/mol. The minimum Gasteiger partial charge on any atom is -0.479 e. The summed E-state index contributed by atoms with van der Waals surface area (Å²) in [6, 6.07) is 7.07. The van der Waals surface area contributed by atoms with E-state index in [2.05, 4.69) is 0 Å². The Morgan fingerprint density at radius 1 is 1.04 bits per heavy atom. The molecule has 6 nitrogen and oxygen atoms in total. The number of Topliss-reactive ketones (excluding diaryl/α,β-unsaturated/α-hetero) is 1. The van der Waals surface area contributed by atoms with Crippen LogP contribution in [0.2, 0.25) is 0 Å². The van der Waals surface area contributed by atoms with Crippen molar-refractivity contribution in [3.63, 3.8) is 0 Å². The topological polar surface area (TPSA) is 94.6 Å². The number of ether oxygens (including phenoxy) is 1. The molecule has 0 aromatic heterocycles. The van der Waals surface area contributed by atoms with Gasteiger partial charge >= 0.3 is 0 Å². The second-order valence-corrected chi connectivity index (χ2v) is 11.9. The number of carbonyl (C=O) groups excluding carboxylic acids is 1. The molecule has 1 heterocycles. The number of fused-ring (bicyclic) bond motifs is 1. The maximum Gasteiger partial charge on any atom is 0.184 e. The van der Waals surface area contributed by atoms with Crippen LogP contribution in [-0.4, -0.2) is 52.2 Å². The third-order valence-corrected chi connectivity index (χ3v) is 6.80. The van der Waals surface area contributed by atoms with Gasteiger partial charge in [-0.3, -0.25) is 4.79 Å². The molecule has 0 saturated carbocycles. The number of hydrogen-bond acceptors (Lipinski definition) is 6. The Balaban J connectivity index is 2.49. The zero-order valence-corrected chi connectivity index (χ0v) is 17.2. The summed E-state index contributed by atoms with van der Waals surface area (Å²) >= 11 is 0. The predicted octanol–water partition coefficient (Wildman–Crippen LogP) is 2.00. The second-order valence-electron chi connectivity index (χ2n) is 7.40. The molecule has 0 radical (unpaired) electrons. The van der Waals surface area contributed by atoms with Crippen molar-refractivity contribution in [1.29, 1.82) is 0 Å². The molecule has 1 aliphatic heterocycles. The van der Waals surface area contributed by atoms with Crippen LogP contribution in [0.4, 0.5) is 0 Å². The fraction of sp³-hybridized carbons (Fsp3) is 0.611. The number of hydrogen-bond donors (Lipinski definition) is 0. The average Bonchev–Trinajstić information content (AvgIpc) is 2.50. The fourth-order valence-electron chi connectivity index (χ4n) is 3.36. The molecule has 1 aromatic rings. The van der Waals surface area contributed by atoms with Crippen molar-refractivity contribution in [1.82, 2.24) is 0 Å². The lowest BCUT2D eigenvalue weighted by Gasteiger charge is -2.43. The van der Waals surface area contributed by atoms with Gasteiger partial charge in [-0.15, -0.1) is 0 Å². The molecule has 146 valence electrons. The van der Waals surface area contributed by atoms with E-state index >= 15 is 0 Å². The van der Waals surface area contributed by atoms with Crippen LogP contribution in [-0.2, 0) is 24.5 Å². The van der Waals surface area contributed by atoms with Gasteiger partial charge in [0.05, 0.1) is 17.4 Å². The van der Waals surface area contributed by atoms with Gasteiger partial charge in [-0.2, -0.15) is 0 Å². The molecule has 0 amide bonds. The lowest BCUT2D eigenvalue weighted by molar-refractivity contribution is -0.143. The first-order valence-electron chi connectivity index (χ1n) is 8.53. The Morgan fingerprint density at radius 2 is 1.62 bits per heavy atom. The summed E-state index contributed by atoms with van der Waals surface area (Å²) in [4.78, 5) is 13.4. The lowest BCUT2D eigenvalue weighted by Crippen LogP contribution is -2.55. The molecular weight excluding hydrogens is 376 g/mol. The van der Waals surface area contributed by atoms with Crippen molar-refractivity contribution in [2.24, 2.45) is 5.92 Å². The molecule has 0 saturated heterocycles. The zero-order chi connectivity index (χ0) is 19.8. The van der Waals surface area contributed by atoms with Crippen molar-refractivity contribution < 1.29 is 26.4 Å². The molecule has 1 aliphatic rings. The van der Waals surface area contributed by atoms with Crippen molar-refractivity contribution >= 4 is 25.5 Å². The highest BCUT2D eigenvalue weighted by atomic mass is 32.2. The quantitative estimate of drug-likeness (QED) is 0.692.